The second-order valence-corrected chi connectivity index (χ2v) is 6.36. The van der Waals surface area contributed by atoms with Crippen molar-refractivity contribution in [1.82, 2.24) is 5.32 Å². The number of nitrogens with one attached hydrogen (secondary N) is 2. The molecule has 0 atom stereocenters. The monoisotopic (exact) mass is 374 g/mol. The lowest BCUT2D eigenvalue weighted by atomic mass is 10.1. The Kier molecular flexibility index (Phi) is 6.41. The number of anilines is 1. The van der Waals surface area contributed by atoms with Gasteiger partial charge in [-0.15, -0.1) is 0 Å². The molecule has 0 heterocycles. The molecule has 0 radical (unpaired) electrons. The van der Waals surface area contributed by atoms with Crippen molar-refractivity contribution in [1.29, 1.82) is 0 Å². The van der Waals surface area contributed by atoms with E-state index in [4.69, 9.17) is 4.74 Å². The summed E-state index contributed by atoms with van der Waals surface area (Å²) in [7, 11) is 0. The first-order chi connectivity index (χ1) is 13.6. The molecule has 5 heteroatoms. The molecule has 142 valence electrons. The average Bonchev–Trinajstić information content (AvgIpc) is 2.72. The molecule has 3 aromatic rings. The highest BCUT2D eigenvalue weighted by Crippen LogP contribution is 2.16. The van der Waals surface area contributed by atoms with Crippen LogP contribution in [0, 0.1) is 0 Å². The van der Waals surface area contributed by atoms with Gasteiger partial charge in [0.2, 0.25) is 5.91 Å². The summed E-state index contributed by atoms with van der Waals surface area (Å²) in [5.41, 5.74) is 3.25. The quantitative estimate of drug-likeness (QED) is 0.653. The molecule has 5 nitrogen and oxygen atoms in total. The van der Waals surface area contributed by atoms with Gasteiger partial charge in [0.05, 0.1) is 0 Å². The van der Waals surface area contributed by atoms with Crippen molar-refractivity contribution >= 4 is 17.5 Å². The second kappa shape index (κ2) is 9.37. The van der Waals surface area contributed by atoms with Crippen molar-refractivity contribution in [2.75, 3.05) is 5.32 Å². The van der Waals surface area contributed by atoms with E-state index in [1.807, 2.05) is 54.6 Å². The van der Waals surface area contributed by atoms with E-state index in [9.17, 15) is 9.59 Å². The predicted molar refractivity (Wildman–Crippen MR) is 109 cm³/mol. The van der Waals surface area contributed by atoms with Crippen LogP contribution in [0.4, 0.5) is 5.69 Å². The predicted octanol–water partition coefficient (Wildman–Crippen LogP) is 4.15. The molecule has 0 aromatic heterocycles. The summed E-state index contributed by atoms with van der Waals surface area (Å²) in [4.78, 5) is 23.4. The minimum absolute atomic E-state index is 0.147. The van der Waals surface area contributed by atoms with E-state index in [0.717, 1.165) is 16.9 Å². The molecule has 0 aliphatic heterocycles. The van der Waals surface area contributed by atoms with Gasteiger partial charge in [0.1, 0.15) is 12.4 Å². The SMILES string of the molecule is CC(=O)Nc1ccc(C(=O)NCc2cccc(OCc3ccccc3)c2)cc1. The molecule has 3 rings (SSSR count). The molecule has 3 aromatic carbocycles. The Morgan fingerprint density at radius 2 is 1.57 bits per heavy atom. The largest absolute Gasteiger partial charge is 0.489 e. The van der Waals surface area contributed by atoms with Crippen molar-refractivity contribution in [2.24, 2.45) is 0 Å². The standard InChI is InChI=1S/C23H22N2O3/c1-17(26)25-21-12-10-20(11-13-21)23(27)24-15-19-8-5-9-22(14-19)28-16-18-6-3-2-4-7-18/h2-14H,15-16H2,1H3,(H,24,27)(H,25,26). The van der Waals surface area contributed by atoms with Crippen molar-refractivity contribution in [3.8, 4) is 5.75 Å². The van der Waals surface area contributed by atoms with Gasteiger partial charge in [-0.05, 0) is 47.5 Å². The number of carbonyl (C=O) groups excluding carboxylic acids is 2. The van der Waals surface area contributed by atoms with Gasteiger partial charge in [-0.1, -0.05) is 42.5 Å². The molecule has 0 bridgehead atoms. The van der Waals surface area contributed by atoms with Gasteiger partial charge in [-0.2, -0.15) is 0 Å². The lowest BCUT2D eigenvalue weighted by molar-refractivity contribution is -0.114. The number of amides is 2. The number of hydrogen-bond acceptors (Lipinski definition) is 3. The Balaban J connectivity index is 1.54. The van der Waals surface area contributed by atoms with Crippen LogP contribution in [-0.4, -0.2) is 11.8 Å². The molecule has 2 N–H and O–H groups in total. The van der Waals surface area contributed by atoms with Crippen molar-refractivity contribution in [3.63, 3.8) is 0 Å². The minimum Gasteiger partial charge on any atom is -0.489 e. The van der Waals surface area contributed by atoms with E-state index in [0.29, 0.717) is 24.4 Å². The molecule has 0 aliphatic carbocycles. The third kappa shape index (κ3) is 5.71. The molecular weight excluding hydrogens is 352 g/mol. The average molecular weight is 374 g/mol. The van der Waals surface area contributed by atoms with Crippen LogP contribution in [0.25, 0.3) is 0 Å². The molecule has 28 heavy (non-hydrogen) atoms. The summed E-state index contributed by atoms with van der Waals surface area (Å²) in [6, 6.07) is 24.4. The normalized spacial score (nSPS) is 10.2. The van der Waals surface area contributed by atoms with E-state index >= 15 is 0 Å². The maximum atomic E-state index is 12.3. The zero-order valence-electron chi connectivity index (χ0n) is 15.6. The van der Waals surface area contributed by atoms with Crippen molar-refractivity contribution in [2.45, 2.75) is 20.1 Å². The minimum atomic E-state index is -0.176. The second-order valence-electron chi connectivity index (χ2n) is 6.36. The van der Waals surface area contributed by atoms with Crippen LogP contribution in [-0.2, 0) is 17.9 Å². The molecule has 0 saturated carbocycles. The third-order valence-electron chi connectivity index (χ3n) is 4.07. The van der Waals surface area contributed by atoms with Crippen LogP contribution >= 0.6 is 0 Å². The first-order valence-corrected chi connectivity index (χ1v) is 9.02. The number of benzene rings is 3. The van der Waals surface area contributed by atoms with Gasteiger partial charge >= 0.3 is 0 Å². The summed E-state index contributed by atoms with van der Waals surface area (Å²) in [5.74, 6) is 0.437. The van der Waals surface area contributed by atoms with E-state index < -0.39 is 0 Å². The smallest absolute Gasteiger partial charge is 0.251 e. The maximum absolute atomic E-state index is 12.3. The maximum Gasteiger partial charge on any atom is 0.251 e. The van der Waals surface area contributed by atoms with E-state index in [-0.39, 0.29) is 11.8 Å². The number of rotatable bonds is 7. The van der Waals surface area contributed by atoms with Crippen LogP contribution in [0.2, 0.25) is 0 Å². The summed E-state index contributed by atoms with van der Waals surface area (Å²) >= 11 is 0. The first kappa shape index (κ1) is 19.2. The first-order valence-electron chi connectivity index (χ1n) is 9.02. The molecule has 0 spiro atoms. The van der Waals surface area contributed by atoms with E-state index in [1.54, 1.807) is 24.3 Å². The van der Waals surface area contributed by atoms with Gasteiger partial charge in [0.25, 0.3) is 5.91 Å². The summed E-state index contributed by atoms with van der Waals surface area (Å²) < 4.78 is 5.82. The number of carbonyl (C=O) groups is 2. The summed E-state index contributed by atoms with van der Waals surface area (Å²) in [5, 5.41) is 5.57. The molecular formula is C23H22N2O3. The fourth-order valence-corrected chi connectivity index (χ4v) is 2.68. The Labute approximate surface area is 164 Å². The Bertz CT molecular complexity index is 938. The van der Waals surface area contributed by atoms with Crippen LogP contribution in [0.15, 0.2) is 78.9 Å². The molecule has 0 saturated heterocycles. The van der Waals surface area contributed by atoms with Gasteiger partial charge in [0.15, 0.2) is 0 Å². The van der Waals surface area contributed by atoms with E-state index in [2.05, 4.69) is 10.6 Å². The Hall–Kier alpha value is -3.60. The Morgan fingerprint density at radius 3 is 2.29 bits per heavy atom. The summed E-state index contributed by atoms with van der Waals surface area (Å²) in [6.07, 6.45) is 0. The fourth-order valence-electron chi connectivity index (χ4n) is 2.68. The topological polar surface area (TPSA) is 67.4 Å². The van der Waals surface area contributed by atoms with Crippen molar-refractivity contribution < 1.29 is 14.3 Å². The fraction of sp³-hybridized carbons (Fsp3) is 0.130. The van der Waals surface area contributed by atoms with Gasteiger partial charge in [-0.3, -0.25) is 9.59 Å². The Morgan fingerprint density at radius 1 is 0.857 bits per heavy atom. The van der Waals surface area contributed by atoms with Gasteiger partial charge in [-0.25, -0.2) is 0 Å². The number of ether oxygens (including phenoxy) is 1. The molecule has 0 aliphatic rings. The van der Waals surface area contributed by atoms with Crippen molar-refractivity contribution in [3.05, 3.63) is 95.6 Å². The lowest BCUT2D eigenvalue weighted by Crippen LogP contribution is -2.22. The van der Waals surface area contributed by atoms with Gasteiger partial charge in [0, 0.05) is 24.7 Å². The highest BCUT2D eigenvalue weighted by Gasteiger charge is 2.06. The highest BCUT2D eigenvalue weighted by atomic mass is 16.5. The third-order valence-corrected chi connectivity index (χ3v) is 4.07. The van der Waals surface area contributed by atoms with Gasteiger partial charge < -0.3 is 15.4 Å². The summed E-state index contributed by atoms with van der Waals surface area (Å²) in [6.45, 7) is 2.34. The van der Waals surface area contributed by atoms with Crippen LogP contribution in [0.1, 0.15) is 28.4 Å². The van der Waals surface area contributed by atoms with Crippen LogP contribution in [0.5, 0.6) is 5.75 Å². The molecule has 0 unspecified atom stereocenters. The molecule has 2 amide bonds. The molecule has 0 fully saturated rings. The zero-order chi connectivity index (χ0) is 19.8. The number of hydrogen-bond donors (Lipinski definition) is 2. The van der Waals surface area contributed by atoms with E-state index in [1.165, 1.54) is 6.92 Å². The zero-order valence-corrected chi connectivity index (χ0v) is 15.6. The van der Waals surface area contributed by atoms with Crippen LogP contribution < -0.4 is 15.4 Å². The van der Waals surface area contributed by atoms with Crippen LogP contribution in [0.3, 0.4) is 0 Å². The lowest BCUT2D eigenvalue weighted by Gasteiger charge is -2.10. The highest BCUT2D eigenvalue weighted by molar-refractivity contribution is 5.95.